The number of hydrogen-bond donors (Lipinski definition) is 3. The number of nitrogens with zero attached hydrogens (tertiary/aromatic N) is 1. The first-order chi connectivity index (χ1) is 3.27. The third-order valence-electron chi connectivity index (χ3n) is 0.242. The second-order valence-electron chi connectivity index (χ2n) is 0.726. The number of hydrazine groups is 1. The Morgan fingerprint density at radius 2 is 2.38 bits per heavy atom. The zero-order valence-electron chi connectivity index (χ0n) is 6.14. The molecule has 0 aromatic rings. The average molecular weight is 142 g/mol. The second kappa shape index (κ2) is 6.82. The van der Waals surface area contributed by atoms with Crippen molar-refractivity contribution in [3.8, 4) is 6.19 Å². The van der Waals surface area contributed by atoms with Crippen LogP contribution in [0.25, 0.3) is 0 Å². The van der Waals surface area contributed by atoms with Crippen molar-refractivity contribution in [2.75, 3.05) is 0 Å². The molecule has 2 amide bonds. The van der Waals surface area contributed by atoms with E-state index in [-0.39, 0.29) is 40.6 Å². The standard InChI is InChI=1S/C2H4N4O.Ca.2H/c3-1-5-6-2(4)7;;;/h5H,(H3,4,6,7);;;/q;+2;2*-1. The van der Waals surface area contributed by atoms with E-state index in [9.17, 15) is 4.79 Å². The van der Waals surface area contributed by atoms with Crippen molar-refractivity contribution >= 4 is 43.8 Å². The van der Waals surface area contributed by atoms with Crippen LogP contribution < -0.4 is 16.6 Å². The van der Waals surface area contributed by atoms with Crippen molar-refractivity contribution in [3.63, 3.8) is 0 Å². The van der Waals surface area contributed by atoms with Crippen molar-refractivity contribution in [3.05, 3.63) is 0 Å². The fourth-order valence-electron chi connectivity index (χ4n) is 0.0896. The summed E-state index contributed by atoms with van der Waals surface area (Å²) in [4.78, 5) is 9.66. The summed E-state index contributed by atoms with van der Waals surface area (Å²) in [7, 11) is 0. The molecule has 0 saturated carbocycles. The Morgan fingerprint density at radius 1 is 1.88 bits per heavy atom. The molecule has 4 N–H and O–H groups in total. The SMILES string of the molecule is N#CNNC(N)=O.[Ca+2].[H-].[H-]. The van der Waals surface area contributed by atoms with Gasteiger partial charge in [0.05, 0.1) is 0 Å². The first-order valence-electron chi connectivity index (χ1n) is 1.47. The fourth-order valence-corrected chi connectivity index (χ4v) is 0.0896. The van der Waals surface area contributed by atoms with E-state index < -0.39 is 6.03 Å². The summed E-state index contributed by atoms with van der Waals surface area (Å²) in [5.74, 6) is 0. The zero-order chi connectivity index (χ0) is 5.70. The van der Waals surface area contributed by atoms with E-state index in [1.165, 1.54) is 6.19 Å². The summed E-state index contributed by atoms with van der Waals surface area (Å²) < 4.78 is 0. The van der Waals surface area contributed by atoms with Crippen LogP contribution in [0.5, 0.6) is 0 Å². The molecular formula is C2H6CaN4O. The molecule has 0 aliphatic heterocycles. The van der Waals surface area contributed by atoms with Crippen LogP contribution in [0.3, 0.4) is 0 Å². The smallest absolute Gasteiger partial charge is 1.00 e. The van der Waals surface area contributed by atoms with E-state index >= 15 is 0 Å². The van der Waals surface area contributed by atoms with Crippen LogP contribution in [0.1, 0.15) is 2.85 Å². The Labute approximate surface area is 79.2 Å². The van der Waals surface area contributed by atoms with Crippen LogP contribution in [0, 0.1) is 11.5 Å². The molecule has 0 aromatic carbocycles. The molecule has 42 valence electrons. The Kier molecular flexibility index (Phi) is 9.15. The van der Waals surface area contributed by atoms with Crippen molar-refractivity contribution in [1.82, 2.24) is 10.9 Å². The third-order valence-corrected chi connectivity index (χ3v) is 0.242. The van der Waals surface area contributed by atoms with Gasteiger partial charge in [-0.3, -0.25) is 0 Å². The van der Waals surface area contributed by atoms with Crippen molar-refractivity contribution in [1.29, 1.82) is 5.26 Å². The number of nitrogens with two attached hydrogens (primary N) is 1. The van der Waals surface area contributed by atoms with E-state index in [0.717, 1.165) is 0 Å². The summed E-state index contributed by atoms with van der Waals surface area (Å²) in [6, 6.07) is -0.776. The Morgan fingerprint density at radius 3 is 2.50 bits per heavy atom. The number of urea groups is 1. The predicted molar refractivity (Wildman–Crippen MR) is 29.4 cm³/mol. The second-order valence-corrected chi connectivity index (χ2v) is 0.726. The molecule has 0 rings (SSSR count). The van der Waals surface area contributed by atoms with Gasteiger partial charge in [-0.25, -0.2) is 15.6 Å². The maximum Gasteiger partial charge on any atom is 2.00 e. The summed E-state index contributed by atoms with van der Waals surface area (Å²) in [6.45, 7) is 0. The quantitative estimate of drug-likeness (QED) is 0.180. The minimum Gasteiger partial charge on any atom is -1.00 e. The normalized spacial score (nSPS) is 5.38. The van der Waals surface area contributed by atoms with Crippen LogP contribution in [-0.4, -0.2) is 43.8 Å². The van der Waals surface area contributed by atoms with E-state index in [4.69, 9.17) is 5.26 Å². The van der Waals surface area contributed by atoms with Gasteiger partial charge in [0.1, 0.15) is 0 Å². The number of nitriles is 1. The molecule has 0 spiro atoms. The van der Waals surface area contributed by atoms with Gasteiger partial charge < -0.3 is 8.59 Å². The van der Waals surface area contributed by atoms with E-state index in [1.54, 1.807) is 0 Å². The van der Waals surface area contributed by atoms with E-state index in [1.807, 2.05) is 10.9 Å². The summed E-state index contributed by atoms with van der Waals surface area (Å²) in [5.41, 5.74) is 8.17. The third kappa shape index (κ3) is 9.27. The number of rotatable bonds is 1. The zero-order valence-corrected chi connectivity index (χ0v) is 6.35. The maximum absolute atomic E-state index is 9.66. The molecule has 5 nitrogen and oxygen atoms in total. The largest absolute Gasteiger partial charge is 2.00 e. The summed E-state index contributed by atoms with van der Waals surface area (Å²) in [6.07, 6.45) is 1.44. The van der Waals surface area contributed by atoms with Crippen LogP contribution in [-0.2, 0) is 0 Å². The van der Waals surface area contributed by atoms with Gasteiger partial charge >= 0.3 is 43.8 Å². The fraction of sp³-hybridized carbons (Fsp3) is 0. The molecule has 0 atom stereocenters. The van der Waals surface area contributed by atoms with E-state index in [0.29, 0.717) is 0 Å². The van der Waals surface area contributed by atoms with Crippen LogP contribution >= 0.6 is 0 Å². The topological polar surface area (TPSA) is 90.9 Å². The van der Waals surface area contributed by atoms with Gasteiger partial charge in [0.25, 0.3) is 0 Å². The number of hydrogen-bond acceptors (Lipinski definition) is 3. The Balaban J connectivity index is -0.0000000600. The molecule has 0 aliphatic rings. The number of nitrogens with one attached hydrogen (secondary N) is 2. The number of carbonyl (C=O) groups is 1. The molecule has 8 heavy (non-hydrogen) atoms. The predicted octanol–water partition coefficient (Wildman–Crippen LogP) is -1.52. The van der Waals surface area contributed by atoms with Gasteiger partial charge in [-0.1, -0.05) is 0 Å². The maximum atomic E-state index is 9.66. The summed E-state index contributed by atoms with van der Waals surface area (Å²) >= 11 is 0. The number of amides is 2. The van der Waals surface area contributed by atoms with Gasteiger partial charge in [0, 0.05) is 0 Å². The molecule has 0 bridgehead atoms. The first kappa shape index (κ1) is 10.7. The molecule has 0 heterocycles. The van der Waals surface area contributed by atoms with Crippen LogP contribution in [0.4, 0.5) is 4.79 Å². The van der Waals surface area contributed by atoms with Crippen molar-refractivity contribution < 1.29 is 7.65 Å². The van der Waals surface area contributed by atoms with Gasteiger partial charge in [0.2, 0.25) is 0 Å². The Hall–Kier alpha value is -0.180. The van der Waals surface area contributed by atoms with Crippen LogP contribution in [0.2, 0.25) is 0 Å². The number of carbonyl (C=O) groups excluding carboxylic acids is 1. The summed E-state index contributed by atoms with van der Waals surface area (Å²) in [5, 5.41) is 7.68. The molecule has 0 fully saturated rings. The molecule has 0 aliphatic carbocycles. The molecular weight excluding hydrogens is 136 g/mol. The molecule has 0 aromatic heterocycles. The minimum absolute atomic E-state index is 0. The van der Waals surface area contributed by atoms with Gasteiger partial charge in [0.15, 0.2) is 6.19 Å². The average Bonchev–Trinajstić information content (AvgIpc) is 1.61. The van der Waals surface area contributed by atoms with Crippen molar-refractivity contribution in [2.45, 2.75) is 0 Å². The van der Waals surface area contributed by atoms with Gasteiger partial charge in [-0.2, -0.15) is 5.26 Å². The minimum atomic E-state index is -0.776. The number of primary amides is 1. The molecule has 6 heteroatoms. The van der Waals surface area contributed by atoms with Crippen LogP contribution in [0.15, 0.2) is 0 Å². The van der Waals surface area contributed by atoms with Gasteiger partial charge in [-0.05, 0) is 0 Å². The Bertz CT molecular complexity index is 114. The monoisotopic (exact) mass is 142 g/mol. The van der Waals surface area contributed by atoms with Crippen molar-refractivity contribution in [2.24, 2.45) is 5.73 Å². The van der Waals surface area contributed by atoms with Gasteiger partial charge in [-0.15, -0.1) is 0 Å². The molecule has 0 radical (unpaired) electrons. The molecule has 0 unspecified atom stereocenters. The van der Waals surface area contributed by atoms with E-state index in [2.05, 4.69) is 5.73 Å². The first-order valence-corrected chi connectivity index (χ1v) is 1.47. The molecule has 0 saturated heterocycles.